The minimum absolute atomic E-state index is 0.251. The Kier molecular flexibility index (Phi) is 4.43. The van der Waals surface area contributed by atoms with Crippen LogP contribution < -0.4 is 10.5 Å². The van der Waals surface area contributed by atoms with E-state index in [-0.39, 0.29) is 6.10 Å². The normalized spacial score (nSPS) is 25.2. The van der Waals surface area contributed by atoms with Crippen molar-refractivity contribution in [3.63, 3.8) is 0 Å². The fourth-order valence-electron chi connectivity index (χ4n) is 3.48. The van der Waals surface area contributed by atoms with Crippen molar-refractivity contribution < 1.29 is 4.74 Å². The molecule has 21 heavy (non-hydrogen) atoms. The molecule has 2 N–H and O–H groups in total. The molecule has 4 heteroatoms. The maximum absolute atomic E-state index is 6.25. The van der Waals surface area contributed by atoms with Crippen molar-refractivity contribution in [2.45, 2.75) is 64.4 Å². The number of thiocarbonyl (C=S) groups is 1. The summed E-state index contributed by atoms with van der Waals surface area (Å²) in [6, 6.07) is 2.12. The zero-order valence-electron chi connectivity index (χ0n) is 12.7. The minimum Gasteiger partial charge on any atom is -0.474 e. The van der Waals surface area contributed by atoms with Crippen LogP contribution in [0.2, 0.25) is 0 Å². The van der Waals surface area contributed by atoms with Gasteiger partial charge in [0.15, 0.2) is 0 Å². The molecule has 1 saturated carbocycles. The van der Waals surface area contributed by atoms with Gasteiger partial charge in [0.05, 0.1) is 5.56 Å². The van der Waals surface area contributed by atoms with Crippen LogP contribution in [0.5, 0.6) is 5.88 Å². The summed E-state index contributed by atoms with van der Waals surface area (Å²) in [7, 11) is 0. The second-order valence-electron chi connectivity index (χ2n) is 6.44. The number of aromatic nitrogens is 1. The maximum Gasteiger partial charge on any atom is 0.224 e. The van der Waals surface area contributed by atoms with Crippen LogP contribution in [0.15, 0.2) is 6.07 Å². The Labute approximate surface area is 132 Å². The molecule has 2 atom stereocenters. The number of pyridine rings is 1. The third-order valence-electron chi connectivity index (χ3n) is 4.83. The fourth-order valence-corrected chi connectivity index (χ4v) is 3.63. The van der Waals surface area contributed by atoms with Crippen molar-refractivity contribution in [3.8, 4) is 5.88 Å². The van der Waals surface area contributed by atoms with Crippen molar-refractivity contribution in [3.05, 3.63) is 22.9 Å². The molecule has 1 fully saturated rings. The smallest absolute Gasteiger partial charge is 0.224 e. The van der Waals surface area contributed by atoms with E-state index in [0.717, 1.165) is 24.8 Å². The van der Waals surface area contributed by atoms with E-state index >= 15 is 0 Å². The quantitative estimate of drug-likeness (QED) is 0.868. The molecule has 3 nitrogen and oxygen atoms in total. The highest BCUT2D eigenvalue weighted by Gasteiger charge is 2.26. The van der Waals surface area contributed by atoms with Crippen molar-refractivity contribution >= 4 is 17.2 Å². The van der Waals surface area contributed by atoms with Gasteiger partial charge in [-0.25, -0.2) is 4.98 Å². The van der Waals surface area contributed by atoms with E-state index in [1.54, 1.807) is 0 Å². The van der Waals surface area contributed by atoms with Gasteiger partial charge in [-0.3, -0.25) is 0 Å². The Morgan fingerprint density at radius 1 is 1.24 bits per heavy atom. The lowest BCUT2D eigenvalue weighted by Gasteiger charge is -2.30. The molecular formula is C17H24N2OS. The predicted octanol–water partition coefficient (Wildman–Crippen LogP) is 3.55. The molecule has 2 unspecified atom stereocenters. The molecule has 1 aromatic heterocycles. The van der Waals surface area contributed by atoms with Gasteiger partial charge in [-0.15, -0.1) is 0 Å². The maximum atomic E-state index is 6.25. The number of ether oxygens (including phenoxy) is 1. The van der Waals surface area contributed by atoms with Gasteiger partial charge < -0.3 is 10.5 Å². The lowest BCUT2D eigenvalue weighted by molar-refractivity contribution is 0.0970. The SMILES string of the molecule is CC1CCCCC1Oc1nc2c(cc1C(N)=S)CCCC2. The van der Waals surface area contributed by atoms with Gasteiger partial charge in [-0.05, 0) is 62.5 Å². The van der Waals surface area contributed by atoms with E-state index in [1.807, 2.05) is 0 Å². The molecule has 1 heterocycles. The average Bonchev–Trinajstić information content (AvgIpc) is 2.48. The lowest BCUT2D eigenvalue weighted by atomic mass is 9.88. The van der Waals surface area contributed by atoms with Crippen LogP contribution in [0.4, 0.5) is 0 Å². The van der Waals surface area contributed by atoms with E-state index in [2.05, 4.69) is 13.0 Å². The highest BCUT2D eigenvalue weighted by Crippen LogP contribution is 2.31. The third kappa shape index (κ3) is 3.20. The Balaban J connectivity index is 1.90. The van der Waals surface area contributed by atoms with Gasteiger partial charge in [0.25, 0.3) is 0 Å². The molecular weight excluding hydrogens is 280 g/mol. The summed E-state index contributed by atoms with van der Waals surface area (Å²) < 4.78 is 6.25. The van der Waals surface area contributed by atoms with Crippen LogP contribution in [0.25, 0.3) is 0 Å². The lowest BCUT2D eigenvalue weighted by Crippen LogP contribution is -2.30. The Hall–Kier alpha value is -1.16. The number of hydrogen-bond donors (Lipinski definition) is 1. The van der Waals surface area contributed by atoms with E-state index in [0.29, 0.717) is 16.8 Å². The van der Waals surface area contributed by atoms with E-state index in [4.69, 9.17) is 27.7 Å². The number of aryl methyl sites for hydroxylation is 2. The Morgan fingerprint density at radius 3 is 2.76 bits per heavy atom. The van der Waals surface area contributed by atoms with Crippen LogP contribution in [-0.2, 0) is 12.8 Å². The molecule has 2 aliphatic carbocycles. The number of nitrogens with zero attached hydrogens (tertiary/aromatic N) is 1. The highest BCUT2D eigenvalue weighted by atomic mass is 32.1. The second kappa shape index (κ2) is 6.30. The molecule has 3 rings (SSSR count). The largest absolute Gasteiger partial charge is 0.474 e. The first-order valence-electron chi connectivity index (χ1n) is 8.14. The van der Waals surface area contributed by atoms with Crippen LogP contribution in [0, 0.1) is 5.92 Å². The molecule has 114 valence electrons. The summed E-state index contributed by atoms with van der Waals surface area (Å²) in [5.74, 6) is 1.25. The topological polar surface area (TPSA) is 48.1 Å². The van der Waals surface area contributed by atoms with Gasteiger partial charge in [-0.1, -0.05) is 25.6 Å². The summed E-state index contributed by atoms with van der Waals surface area (Å²) in [5, 5.41) is 0. The van der Waals surface area contributed by atoms with Gasteiger partial charge in [-0.2, -0.15) is 0 Å². The second-order valence-corrected chi connectivity index (χ2v) is 6.88. The standard InChI is InChI=1S/C17H24N2OS/c1-11-6-2-5-9-15(11)20-17-13(16(18)21)10-12-7-3-4-8-14(12)19-17/h10-11,15H,2-9H2,1H3,(H2,18,21). The zero-order chi connectivity index (χ0) is 14.8. The molecule has 0 aliphatic heterocycles. The first-order valence-corrected chi connectivity index (χ1v) is 8.55. The monoisotopic (exact) mass is 304 g/mol. The van der Waals surface area contributed by atoms with Gasteiger partial charge >= 0.3 is 0 Å². The van der Waals surface area contributed by atoms with Gasteiger partial charge in [0.2, 0.25) is 5.88 Å². The minimum atomic E-state index is 0.251. The van der Waals surface area contributed by atoms with Crippen LogP contribution in [-0.4, -0.2) is 16.1 Å². The van der Waals surface area contributed by atoms with Crippen molar-refractivity contribution in [1.82, 2.24) is 4.98 Å². The van der Waals surface area contributed by atoms with E-state index < -0.39 is 0 Å². The Morgan fingerprint density at radius 2 is 2.00 bits per heavy atom. The number of nitrogens with two attached hydrogens (primary N) is 1. The summed E-state index contributed by atoms with van der Waals surface area (Å²) in [5.41, 5.74) is 9.20. The van der Waals surface area contributed by atoms with Crippen LogP contribution >= 0.6 is 12.2 Å². The van der Waals surface area contributed by atoms with E-state index in [1.165, 1.54) is 43.4 Å². The van der Waals surface area contributed by atoms with Crippen molar-refractivity contribution in [2.24, 2.45) is 11.7 Å². The molecule has 0 radical (unpaired) electrons. The molecule has 0 saturated heterocycles. The molecule has 1 aromatic rings. The van der Waals surface area contributed by atoms with Crippen molar-refractivity contribution in [1.29, 1.82) is 0 Å². The summed E-state index contributed by atoms with van der Waals surface area (Å²) in [6.45, 7) is 2.27. The number of hydrogen-bond acceptors (Lipinski definition) is 3. The first-order chi connectivity index (χ1) is 10.1. The third-order valence-corrected chi connectivity index (χ3v) is 5.05. The van der Waals surface area contributed by atoms with Gasteiger partial charge in [0, 0.05) is 5.69 Å². The van der Waals surface area contributed by atoms with Crippen LogP contribution in [0.1, 0.15) is 62.3 Å². The molecule has 0 bridgehead atoms. The summed E-state index contributed by atoms with van der Waals surface area (Å²) in [6.07, 6.45) is 9.71. The summed E-state index contributed by atoms with van der Waals surface area (Å²) in [4.78, 5) is 5.17. The number of rotatable bonds is 3. The Bertz CT molecular complexity index is 544. The summed E-state index contributed by atoms with van der Waals surface area (Å²) >= 11 is 5.21. The predicted molar refractivity (Wildman–Crippen MR) is 88.8 cm³/mol. The fraction of sp³-hybridized carbons (Fsp3) is 0.647. The highest BCUT2D eigenvalue weighted by molar-refractivity contribution is 7.80. The molecule has 2 aliphatic rings. The van der Waals surface area contributed by atoms with Crippen molar-refractivity contribution in [2.75, 3.05) is 0 Å². The van der Waals surface area contributed by atoms with Crippen LogP contribution in [0.3, 0.4) is 0 Å². The average molecular weight is 304 g/mol. The van der Waals surface area contributed by atoms with Gasteiger partial charge in [0.1, 0.15) is 11.1 Å². The van der Waals surface area contributed by atoms with E-state index in [9.17, 15) is 0 Å². The molecule has 0 spiro atoms. The number of fused-ring (bicyclic) bond motifs is 1. The zero-order valence-corrected chi connectivity index (χ0v) is 13.5. The molecule has 0 aromatic carbocycles. The first kappa shape index (κ1) is 14.8. The molecule has 0 amide bonds.